The zero-order valence-corrected chi connectivity index (χ0v) is 14.3. The molecule has 1 unspecified atom stereocenters. The van der Waals surface area contributed by atoms with E-state index < -0.39 is 20.0 Å². The number of fused-ring (bicyclic) bond motifs is 1. The molecule has 1 atom stereocenters. The quantitative estimate of drug-likeness (QED) is 0.801. The van der Waals surface area contributed by atoms with Crippen LogP contribution in [0, 0.1) is 0 Å². The topological polar surface area (TPSA) is 54.5 Å². The third-order valence-corrected chi connectivity index (χ3v) is 7.38. The van der Waals surface area contributed by atoms with Gasteiger partial charge in [0.1, 0.15) is 0 Å². The van der Waals surface area contributed by atoms with Gasteiger partial charge in [0.2, 0.25) is 5.91 Å². The number of hydrogen-bond acceptors (Lipinski definition) is 3. The van der Waals surface area contributed by atoms with Crippen LogP contribution in [0.3, 0.4) is 0 Å². The third-order valence-electron chi connectivity index (χ3n) is 4.31. The molecule has 0 aliphatic carbocycles. The van der Waals surface area contributed by atoms with Gasteiger partial charge in [-0.25, -0.2) is 8.42 Å². The minimum absolute atomic E-state index is 0.0918. The highest BCUT2D eigenvalue weighted by molar-refractivity contribution is 7.92. The number of halogens is 1. The molecule has 21 heavy (non-hydrogen) atoms. The Morgan fingerprint density at radius 3 is 2.48 bits per heavy atom. The van der Waals surface area contributed by atoms with Crippen molar-refractivity contribution in [2.24, 2.45) is 0 Å². The molecule has 1 aromatic carbocycles. The van der Waals surface area contributed by atoms with Gasteiger partial charge in [0.15, 0.2) is 9.84 Å². The molecule has 1 aliphatic heterocycles. The van der Waals surface area contributed by atoms with Gasteiger partial charge < -0.3 is 4.90 Å². The van der Waals surface area contributed by atoms with Crippen LogP contribution in [0.25, 0.3) is 0 Å². The molecule has 0 N–H and O–H groups in total. The first kappa shape index (κ1) is 16.3. The second-order valence-electron chi connectivity index (χ2n) is 6.08. The van der Waals surface area contributed by atoms with Gasteiger partial charge in [-0.3, -0.25) is 4.79 Å². The molecule has 116 valence electrons. The molecule has 0 saturated heterocycles. The highest BCUT2D eigenvalue weighted by Gasteiger charge is 2.39. The fraction of sp³-hybridized carbons (Fsp3) is 0.533. The van der Waals surface area contributed by atoms with Gasteiger partial charge in [-0.15, -0.1) is 11.6 Å². The summed E-state index contributed by atoms with van der Waals surface area (Å²) in [5.41, 5.74) is 2.68. The van der Waals surface area contributed by atoms with Crippen molar-refractivity contribution in [2.75, 3.05) is 18.2 Å². The molecule has 0 bridgehead atoms. The Labute approximate surface area is 131 Å². The van der Waals surface area contributed by atoms with Crippen molar-refractivity contribution >= 4 is 33.0 Å². The number of amides is 1. The lowest BCUT2D eigenvalue weighted by Crippen LogP contribution is -2.36. The van der Waals surface area contributed by atoms with E-state index in [9.17, 15) is 13.2 Å². The fourth-order valence-electron chi connectivity index (χ4n) is 2.42. The van der Waals surface area contributed by atoms with E-state index in [1.54, 1.807) is 31.9 Å². The Bertz CT molecular complexity index is 682. The third kappa shape index (κ3) is 2.81. The van der Waals surface area contributed by atoms with Crippen molar-refractivity contribution in [3.8, 4) is 0 Å². The van der Waals surface area contributed by atoms with Crippen LogP contribution in [0.1, 0.15) is 36.8 Å². The SMILES string of the molecule is CN1C(=O)CCc2cc(C(Cl)C(C)(C)S(C)(=O)=O)ccc21. The number of anilines is 1. The van der Waals surface area contributed by atoms with E-state index in [0.29, 0.717) is 12.8 Å². The first-order valence-electron chi connectivity index (χ1n) is 6.78. The molecule has 4 nitrogen and oxygen atoms in total. The minimum atomic E-state index is -3.29. The summed E-state index contributed by atoms with van der Waals surface area (Å²) >= 11 is 6.43. The largest absolute Gasteiger partial charge is 0.315 e. The second kappa shape index (κ2) is 5.29. The van der Waals surface area contributed by atoms with Crippen LogP contribution < -0.4 is 4.90 Å². The van der Waals surface area contributed by atoms with Crippen LogP contribution in [-0.4, -0.2) is 32.4 Å². The van der Waals surface area contributed by atoms with Gasteiger partial charge >= 0.3 is 0 Å². The number of sulfone groups is 1. The number of aryl methyl sites for hydroxylation is 1. The molecule has 1 aliphatic rings. The molecule has 0 saturated carbocycles. The second-order valence-corrected chi connectivity index (χ2v) is 9.11. The first-order chi connectivity index (χ1) is 9.55. The van der Waals surface area contributed by atoms with Crippen molar-refractivity contribution in [3.63, 3.8) is 0 Å². The molecule has 0 radical (unpaired) electrons. The maximum absolute atomic E-state index is 11.9. The van der Waals surface area contributed by atoms with Crippen molar-refractivity contribution < 1.29 is 13.2 Å². The summed E-state index contributed by atoms with van der Waals surface area (Å²) in [7, 11) is -1.54. The van der Waals surface area contributed by atoms with E-state index in [-0.39, 0.29) is 5.91 Å². The molecule has 1 heterocycles. The minimum Gasteiger partial charge on any atom is -0.315 e. The van der Waals surface area contributed by atoms with Gasteiger partial charge in [-0.05, 0) is 37.5 Å². The summed E-state index contributed by atoms with van der Waals surface area (Å²) in [5.74, 6) is 0.0918. The molecular weight excluding hydrogens is 310 g/mol. The lowest BCUT2D eigenvalue weighted by atomic mass is 9.94. The van der Waals surface area contributed by atoms with Crippen LogP contribution in [0.15, 0.2) is 18.2 Å². The molecule has 6 heteroatoms. The van der Waals surface area contributed by atoms with Gasteiger partial charge in [-0.2, -0.15) is 0 Å². The van der Waals surface area contributed by atoms with E-state index >= 15 is 0 Å². The lowest BCUT2D eigenvalue weighted by molar-refractivity contribution is -0.118. The predicted octanol–water partition coefficient (Wildman–Crippen LogP) is 2.70. The van der Waals surface area contributed by atoms with Crippen molar-refractivity contribution in [1.29, 1.82) is 0 Å². The summed E-state index contributed by atoms with van der Waals surface area (Å²) < 4.78 is 22.8. The van der Waals surface area contributed by atoms with Crippen LogP contribution in [0.4, 0.5) is 5.69 Å². The Morgan fingerprint density at radius 2 is 1.90 bits per heavy atom. The van der Waals surface area contributed by atoms with Crippen LogP contribution in [0.2, 0.25) is 0 Å². The normalized spacial score (nSPS) is 17.6. The monoisotopic (exact) mass is 329 g/mol. The Kier molecular flexibility index (Phi) is 4.10. The summed E-state index contributed by atoms with van der Waals surface area (Å²) in [6.07, 6.45) is 2.33. The van der Waals surface area contributed by atoms with E-state index in [1.807, 2.05) is 12.1 Å². The van der Waals surface area contributed by atoms with Gasteiger partial charge in [0.25, 0.3) is 0 Å². The standard InChI is InChI=1S/C15H20ClNO3S/c1-15(2,21(4,19)20)14(16)11-5-7-12-10(9-11)6-8-13(18)17(12)3/h5,7,9,14H,6,8H2,1-4H3. The molecule has 0 spiro atoms. The van der Waals surface area contributed by atoms with Crippen LogP contribution in [-0.2, 0) is 21.1 Å². The molecule has 2 rings (SSSR count). The van der Waals surface area contributed by atoms with E-state index in [2.05, 4.69) is 0 Å². The first-order valence-corrected chi connectivity index (χ1v) is 9.11. The van der Waals surface area contributed by atoms with E-state index in [4.69, 9.17) is 11.6 Å². The highest BCUT2D eigenvalue weighted by Crippen LogP contribution is 2.39. The molecule has 1 amide bonds. The Balaban J connectivity index is 2.42. The summed E-state index contributed by atoms with van der Waals surface area (Å²) in [5, 5.41) is -0.638. The zero-order valence-electron chi connectivity index (χ0n) is 12.7. The molecule has 0 fully saturated rings. The van der Waals surface area contributed by atoms with Gasteiger partial charge in [0, 0.05) is 25.4 Å². The molecule has 0 aromatic heterocycles. The summed E-state index contributed by atoms with van der Waals surface area (Å²) in [6.45, 7) is 3.27. The summed E-state index contributed by atoms with van der Waals surface area (Å²) in [4.78, 5) is 13.3. The van der Waals surface area contributed by atoms with Crippen molar-refractivity contribution in [2.45, 2.75) is 36.8 Å². The number of rotatable bonds is 3. The van der Waals surface area contributed by atoms with Crippen LogP contribution >= 0.6 is 11.6 Å². The number of hydrogen-bond donors (Lipinski definition) is 0. The number of benzene rings is 1. The smallest absolute Gasteiger partial charge is 0.227 e. The van der Waals surface area contributed by atoms with Crippen molar-refractivity contribution in [1.82, 2.24) is 0 Å². The number of alkyl halides is 1. The average Bonchev–Trinajstić information content (AvgIpc) is 2.40. The Hall–Kier alpha value is -1.07. The zero-order chi connectivity index (χ0) is 16.0. The van der Waals surface area contributed by atoms with E-state index in [0.717, 1.165) is 16.8 Å². The van der Waals surface area contributed by atoms with Gasteiger partial charge in [0.05, 0.1) is 10.1 Å². The number of carbonyl (C=O) groups excluding carboxylic acids is 1. The number of nitrogens with zero attached hydrogens (tertiary/aromatic N) is 1. The maximum atomic E-state index is 11.9. The lowest BCUT2D eigenvalue weighted by Gasteiger charge is -2.30. The van der Waals surface area contributed by atoms with E-state index in [1.165, 1.54) is 6.26 Å². The highest BCUT2D eigenvalue weighted by atomic mass is 35.5. The fourth-order valence-corrected chi connectivity index (χ4v) is 3.56. The maximum Gasteiger partial charge on any atom is 0.227 e. The molecule has 1 aromatic rings. The summed E-state index contributed by atoms with van der Waals surface area (Å²) in [6, 6.07) is 5.57. The number of carbonyl (C=O) groups is 1. The van der Waals surface area contributed by atoms with Crippen LogP contribution in [0.5, 0.6) is 0 Å². The van der Waals surface area contributed by atoms with Gasteiger partial charge in [-0.1, -0.05) is 12.1 Å². The van der Waals surface area contributed by atoms with Crippen molar-refractivity contribution in [3.05, 3.63) is 29.3 Å². The average molecular weight is 330 g/mol. The Morgan fingerprint density at radius 1 is 1.29 bits per heavy atom. The molecular formula is C15H20ClNO3S. The predicted molar refractivity (Wildman–Crippen MR) is 85.7 cm³/mol.